The van der Waals surface area contributed by atoms with E-state index in [0.717, 1.165) is 19.5 Å². The van der Waals surface area contributed by atoms with E-state index < -0.39 is 0 Å². The lowest BCUT2D eigenvalue weighted by Gasteiger charge is -2.06. The number of nitrogens with one attached hydrogen (secondary N) is 1. The van der Waals surface area contributed by atoms with Crippen LogP contribution in [0, 0.1) is 6.92 Å². The van der Waals surface area contributed by atoms with Gasteiger partial charge in [-0.25, -0.2) is 0 Å². The molecule has 0 bridgehead atoms. The molecule has 0 aliphatic rings. The summed E-state index contributed by atoms with van der Waals surface area (Å²) in [7, 11) is 0. The van der Waals surface area contributed by atoms with Crippen LogP contribution in [0.5, 0.6) is 0 Å². The van der Waals surface area contributed by atoms with Crippen LogP contribution in [0.25, 0.3) is 0 Å². The molecule has 19 heavy (non-hydrogen) atoms. The molecule has 100 valence electrons. The molecule has 0 heterocycles. The lowest BCUT2D eigenvalue weighted by atomic mass is 10.1. The van der Waals surface area contributed by atoms with Crippen LogP contribution in [0.2, 0.25) is 0 Å². The molecule has 0 spiro atoms. The second-order valence-corrected chi connectivity index (χ2v) is 4.94. The molecular weight excluding hydrogens is 232 g/mol. The van der Waals surface area contributed by atoms with Gasteiger partial charge in [0.05, 0.1) is 0 Å². The molecule has 2 rings (SSSR count). The Balaban J connectivity index is 1.74. The number of hydrogen-bond donors (Lipinski definition) is 2. The number of aryl methyl sites for hydroxylation is 1. The number of hydrogen-bond acceptors (Lipinski definition) is 2. The van der Waals surface area contributed by atoms with E-state index in [0.29, 0.717) is 6.54 Å². The van der Waals surface area contributed by atoms with E-state index in [-0.39, 0.29) is 0 Å². The van der Waals surface area contributed by atoms with Crippen molar-refractivity contribution in [2.45, 2.75) is 26.4 Å². The molecule has 0 aliphatic carbocycles. The van der Waals surface area contributed by atoms with E-state index in [1.807, 2.05) is 0 Å². The third kappa shape index (κ3) is 4.51. The summed E-state index contributed by atoms with van der Waals surface area (Å²) in [6, 6.07) is 17.2. The lowest BCUT2D eigenvalue weighted by Crippen LogP contribution is -2.16. The first-order chi connectivity index (χ1) is 9.28. The third-order valence-electron chi connectivity index (χ3n) is 3.26. The van der Waals surface area contributed by atoms with Crippen LogP contribution in [-0.2, 0) is 19.5 Å². The fraction of sp³-hybridized carbons (Fsp3) is 0.294. The summed E-state index contributed by atoms with van der Waals surface area (Å²) in [6.45, 7) is 4.66. The molecule has 3 N–H and O–H groups in total. The van der Waals surface area contributed by atoms with Gasteiger partial charge in [0.15, 0.2) is 0 Å². The van der Waals surface area contributed by atoms with Crippen LogP contribution in [0.1, 0.15) is 22.3 Å². The first-order valence-electron chi connectivity index (χ1n) is 6.82. The molecule has 0 saturated carbocycles. The molecule has 2 aromatic carbocycles. The monoisotopic (exact) mass is 254 g/mol. The zero-order valence-electron chi connectivity index (χ0n) is 11.5. The van der Waals surface area contributed by atoms with E-state index in [2.05, 4.69) is 60.8 Å². The van der Waals surface area contributed by atoms with Crippen LogP contribution < -0.4 is 11.1 Å². The van der Waals surface area contributed by atoms with Gasteiger partial charge >= 0.3 is 0 Å². The third-order valence-corrected chi connectivity index (χ3v) is 3.26. The molecule has 0 aromatic heterocycles. The Morgan fingerprint density at radius 2 is 1.68 bits per heavy atom. The summed E-state index contributed by atoms with van der Waals surface area (Å²) in [5.41, 5.74) is 10.8. The highest BCUT2D eigenvalue weighted by atomic mass is 14.8. The van der Waals surface area contributed by atoms with Gasteiger partial charge in [0.1, 0.15) is 0 Å². The van der Waals surface area contributed by atoms with Gasteiger partial charge in [0.2, 0.25) is 0 Å². The molecular formula is C17H22N2. The Morgan fingerprint density at radius 3 is 2.37 bits per heavy atom. The molecule has 2 aromatic rings. The maximum atomic E-state index is 5.58. The van der Waals surface area contributed by atoms with E-state index >= 15 is 0 Å². The smallest absolute Gasteiger partial charge is 0.0205 e. The summed E-state index contributed by atoms with van der Waals surface area (Å²) in [5.74, 6) is 0. The normalized spacial score (nSPS) is 10.6. The highest BCUT2D eigenvalue weighted by Crippen LogP contribution is 2.05. The SMILES string of the molecule is Cc1cccc(CCNCc2ccc(CN)cc2)c1. The first kappa shape index (κ1) is 13.8. The van der Waals surface area contributed by atoms with Gasteiger partial charge in [-0.2, -0.15) is 0 Å². The minimum absolute atomic E-state index is 0.612. The maximum absolute atomic E-state index is 5.58. The topological polar surface area (TPSA) is 38.0 Å². The molecule has 0 fully saturated rings. The molecule has 2 nitrogen and oxygen atoms in total. The number of rotatable bonds is 6. The fourth-order valence-corrected chi connectivity index (χ4v) is 2.13. The van der Waals surface area contributed by atoms with Crippen molar-refractivity contribution in [3.05, 3.63) is 70.8 Å². The standard InChI is InChI=1S/C17H22N2/c1-14-3-2-4-15(11-14)9-10-19-13-17-7-5-16(12-18)6-8-17/h2-8,11,19H,9-10,12-13,18H2,1H3. The Kier molecular flexibility index (Phi) is 5.13. The Hall–Kier alpha value is -1.64. The molecule has 0 amide bonds. The van der Waals surface area contributed by atoms with E-state index in [4.69, 9.17) is 5.73 Å². The summed E-state index contributed by atoms with van der Waals surface area (Å²) in [5, 5.41) is 3.48. The van der Waals surface area contributed by atoms with Gasteiger partial charge in [-0.05, 0) is 36.6 Å². The van der Waals surface area contributed by atoms with Crippen LogP contribution in [0.15, 0.2) is 48.5 Å². The molecule has 0 aliphatic heterocycles. The Labute approximate surface area is 115 Å². The molecule has 0 radical (unpaired) electrons. The zero-order valence-corrected chi connectivity index (χ0v) is 11.5. The second kappa shape index (κ2) is 7.07. The van der Waals surface area contributed by atoms with Crippen LogP contribution in [-0.4, -0.2) is 6.54 Å². The summed E-state index contributed by atoms with van der Waals surface area (Å²) in [4.78, 5) is 0. The van der Waals surface area contributed by atoms with Crippen molar-refractivity contribution in [3.63, 3.8) is 0 Å². The van der Waals surface area contributed by atoms with Crippen molar-refractivity contribution in [1.82, 2.24) is 5.32 Å². The van der Waals surface area contributed by atoms with Gasteiger partial charge in [-0.3, -0.25) is 0 Å². The van der Waals surface area contributed by atoms with Crippen molar-refractivity contribution in [1.29, 1.82) is 0 Å². The molecule has 0 saturated heterocycles. The predicted molar refractivity (Wildman–Crippen MR) is 80.9 cm³/mol. The summed E-state index contributed by atoms with van der Waals surface area (Å²) in [6.07, 6.45) is 1.07. The number of nitrogens with two attached hydrogens (primary N) is 1. The quantitative estimate of drug-likeness (QED) is 0.778. The largest absolute Gasteiger partial charge is 0.326 e. The van der Waals surface area contributed by atoms with E-state index in [1.165, 1.54) is 22.3 Å². The first-order valence-corrected chi connectivity index (χ1v) is 6.82. The lowest BCUT2D eigenvalue weighted by molar-refractivity contribution is 0.686. The van der Waals surface area contributed by atoms with Crippen molar-refractivity contribution in [2.75, 3.05) is 6.54 Å². The summed E-state index contributed by atoms with van der Waals surface area (Å²) < 4.78 is 0. The van der Waals surface area contributed by atoms with Crippen LogP contribution in [0.4, 0.5) is 0 Å². The highest BCUT2D eigenvalue weighted by molar-refractivity contribution is 5.23. The van der Waals surface area contributed by atoms with Crippen molar-refractivity contribution in [2.24, 2.45) is 5.73 Å². The minimum Gasteiger partial charge on any atom is -0.326 e. The van der Waals surface area contributed by atoms with Gasteiger partial charge < -0.3 is 11.1 Å². The van der Waals surface area contributed by atoms with Crippen LogP contribution in [0.3, 0.4) is 0 Å². The Morgan fingerprint density at radius 1 is 0.947 bits per heavy atom. The minimum atomic E-state index is 0.612. The van der Waals surface area contributed by atoms with Crippen molar-refractivity contribution < 1.29 is 0 Å². The van der Waals surface area contributed by atoms with Gasteiger partial charge in [-0.1, -0.05) is 54.1 Å². The maximum Gasteiger partial charge on any atom is 0.0205 e. The van der Waals surface area contributed by atoms with Gasteiger partial charge in [-0.15, -0.1) is 0 Å². The van der Waals surface area contributed by atoms with Crippen molar-refractivity contribution in [3.8, 4) is 0 Å². The Bertz CT molecular complexity index is 503. The fourth-order valence-electron chi connectivity index (χ4n) is 2.13. The average molecular weight is 254 g/mol. The number of benzene rings is 2. The van der Waals surface area contributed by atoms with E-state index in [9.17, 15) is 0 Å². The molecule has 0 atom stereocenters. The van der Waals surface area contributed by atoms with Gasteiger partial charge in [0.25, 0.3) is 0 Å². The van der Waals surface area contributed by atoms with Gasteiger partial charge in [0, 0.05) is 13.1 Å². The second-order valence-electron chi connectivity index (χ2n) is 4.94. The predicted octanol–water partition coefficient (Wildman–Crippen LogP) is 2.79. The van der Waals surface area contributed by atoms with E-state index in [1.54, 1.807) is 0 Å². The highest BCUT2D eigenvalue weighted by Gasteiger charge is 1.95. The molecule has 2 heteroatoms. The van der Waals surface area contributed by atoms with Crippen LogP contribution >= 0.6 is 0 Å². The zero-order chi connectivity index (χ0) is 13.5. The van der Waals surface area contributed by atoms with Crippen molar-refractivity contribution >= 4 is 0 Å². The molecule has 0 unspecified atom stereocenters. The average Bonchev–Trinajstić information content (AvgIpc) is 2.44. The summed E-state index contributed by atoms with van der Waals surface area (Å²) >= 11 is 0.